The minimum absolute atomic E-state index is 0.238. The minimum Gasteiger partial charge on any atom is -0.345 e. The summed E-state index contributed by atoms with van der Waals surface area (Å²) in [6, 6.07) is 9.85. The number of likely N-dealkylation sites (tertiary alicyclic amines) is 1. The number of aromatic nitrogens is 1. The van der Waals surface area contributed by atoms with E-state index in [1.54, 1.807) is 5.57 Å². The number of nitrogens with zero attached hydrogens (tertiary/aromatic N) is 3. The van der Waals surface area contributed by atoms with Crippen molar-refractivity contribution in [1.29, 1.82) is 0 Å². The molecule has 0 saturated carbocycles. The summed E-state index contributed by atoms with van der Waals surface area (Å²) < 4.78 is 2.27. The van der Waals surface area contributed by atoms with Gasteiger partial charge in [0.2, 0.25) is 0 Å². The standard InChI is InChI=1S/C27H35N3O/c1-18(2)29-14-11-22-23(8-5-10-25(22)29)27(31)30-13-6-7-19-15-20-16-21(26(19)30)17-28-12-4-3-9-24(20)28/h5,8,10-11,14-15,18,20-21,24,26H,3-4,6-7,9,12-13,16-17H2,1-2H3. The molecule has 4 heteroatoms. The molecule has 0 radical (unpaired) electrons. The number of carbonyl (C=O) groups is 1. The summed E-state index contributed by atoms with van der Waals surface area (Å²) in [6.45, 7) is 7.73. The third-order valence-electron chi connectivity index (χ3n) is 8.47. The molecule has 2 aromatic rings. The van der Waals surface area contributed by atoms with Crippen molar-refractivity contribution in [2.45, 2.75) is 70.5 Å². The van der Waals surface area contributed by atoms with Gasteiger partial charge in [-0.15, -0.1) is 0 Å². The Labute approximate surface area is 185 Å². The molecule has 1 amide bonds. The van der Waals surface area contributed by atoms with Crippen molar-refractivity contribution in [3.8, 4) is 0 Å². The number of rotatable bonds is 2. The Morgan fingerprint density at radius 1 is 1.10 bits per heavy atom. The number of benzene rings is 1. The molecule has 1 aliphatic carbocycles. The molecule has 0 N–H and O–H groups in total. The predicted molar refractivity (Wildman–Crippen MR) is 125 cm³/mol. The second kappa shape index (κ2) is 7.51. The van der Waals surface area contributed by atoms with Gasteiger partial charge in [-0.05, 0) is 82.5 Å². The molecule has 2 bridgehead atoms. The van der Waals surface area contributed by atoms with Gasteiger partial charge in [0, 0.05) is 47.8 Å². The van der Waals surface area contributed by atoms with Crippen LogP contribution < -0.4 is 0 Å². The number of amides is 1. The van der Waals surface area contributed by atoms with Crippen LogP contribution in [0.15, 0.2) is 42.1 Å². The summed E-state index contributed by atoms with van der Waals surface area (Å²) in [6.07, 6.45) is 12.4. The summed E-state index contributed by atoms with van der Waals surface area (Å²) in [7, 11) is 0. The third kappa shape index (κ3) is 3.09. The first-order chi connectivity index (χ1) is 15.1. The highest BCUT2D eigenvalue weighted by atomic mass is 16.2. The van der Waals surface area contributed by atoms with Crippen molar-refractivity contribution in [3.63, 3.8) is 0 Å². The fraction of sp³-hybridized carbons (Fsp3) is 0.593. The van der Waals surface area contributed by atoms with E-state index >= 15 is 0 Å². The Balaban J connectivity index is 1.36. The van der Waals surface area contributed by atoms with Gasteiger partial charge < -0.3 is 9.47 Å². The first-order valence-electron chi connectivity index (χ1n) is 12.5. The average molecular weight is 418 g/mol. The SMILES string of the molecule is CC(C)n1ccc2c(C(=O)N3CCCC4=CC5CC(CN6CCCCC56)C43)cccc21. The molecular weight excluding hydrogens is 382 g/mol. The maximum Gasteiger partial charge on any atom is 0.255 e. The molecule has 4 atom stereocenters. The summed E-state index contributed by atoms with van der Waals surface area (Å²) in [5.74, 6) is 1.55. The molecule has 4 nitrogen and oxygen atoms in total. The molecule has 1 aromatic carbocycles. The van der Waals surface area contributed by atoms with Crippen LogP contribution >= 0.6 is 0 Å². The van der Waals surface area contributed by atoms with Crippen LogP contribution in [-0.2, 0) is 0 Å². The minimum atomic E-state index is 0.238. The molecule has 3 aliphatic heterocycles. The molecule has 0 spiro atoms. The van der Waals surface area contributed by atoms with Crippen molar-refractivity contribution >= 4 is 16.8 Å². The average Bonchev–Trinajstić information content (AvgIpc) is 3.23. The third-order valence-corrected chi connectivity index (χ3v) is 8.47. The zero-order valence-corrected chi connectivity index (χ0v) is 19.0. The lowest BCUT2D eigenvalue weighted by Crippen LogP contribution is -2.60. The van der Waals surface area contributed by atoms with E-state index in [0.717, 1.165) is 30.0 Å². The van der Waals surface area contributed by atoms with Crippen molar-refractivity contribution in [1.82, 2.24) is 14.4 Å². The van der Waals surface area contributed by atoms with E-state index in [9.17, 15) is 4.79 Å². The summed E-state index contributed by atoms with van der Waals surface area (Å²) in [5.41, 5.74) is 3.62. The predicted octanol–water partition coefficient (Wildman–Crippen LogP) is 5.26. The van der Waals surface area contributed by atoms with E-state index in [4.69, 9.17) is 0 Å². The van der Waals surface area contributed by atoms with Crippen LogP contribution in [0.1, 0.15) is 68.8 Å². The molecule has 164 valence electrons. The molecule has 3 fully saturated rings. The molecule has 4 unspecified atom stereocenters. The Hall–Kier alpha value is -2.07. The smallest absolute Gasteiger partial charge is 0.255 e. The van der Waals surface area contributed by atoms with E-state index in [0.29, 0.717) is 23.9 Å². The van der Waals surface area contributed by atoms with Crippen LogP contribution in [0.3, 0.4) is 0 Å². The van der Waals surface area contributed by atoms with Gasteiger partial charge in [0.25, 0.3) is 5.91 Å². The molecule has 1 aromatic heterocycles. The zero-order chi connectivity index (χ0) is 21.1. The number of fused-ring (bicyclic) bond motifs is 7. The molecule has 31 heavy (non-hydrogen) atoms. The van der Waals surface area contributed by atoms with Crippen molar-refractivity contribution in [2.24, 2.45) is 11.8 Å². The lowest BCUT2D eigenvalue weighted by Gasteiger charge is -2.54. The first kappa shape index (κ1) is 19.6. The quantitative estimate of drug-likeness (QED) is 0.624. The van der Waals surface area contributed by atoms with Crippen LogP contribution in [0, 0.1) is 11.8 Å². The number of piperidine rings is 3. The van der Waals surface area contributed by atoms with Crippen LogP contribution in [0.5, 0.6) is 0 Å². The zero-order valence-electron chi connectivity index (χ0n) is 19.0. The summed E-state index contributed by atoms with van der Waals surface area (Å²) in [4.78, 5) is 19.0. The normalized spacial score (nSPS) is 30.8. The van der Waals surface area contributed by atoms with Gasteiger partial charge in [0.15, 0.2) is 0 Å². The largest absolute Gasteiger partial charge is 0.345 e. The van der Waals surface area contributed by atoms with Gasteiger partial charge in [-0.3, -0.25) is 9.69 Å². The van der Waals surface area contributed by atoms with Crippen molar-refractivity contribution in [2.75, 3.05) is 19.6 Å². The van der Waals surface area contributed by atoms with Crippen LogP contribution in [0.2, 0.25) is 0 Å². The van der Waals surface area contributed by atoms with Gasteiger partial charge in [0.05, 0.1) is 6.04 Å². The molecule has 4 heterocycles. The van der Waals surface area contributed by atoms with E-state index in [1.807, 2.05) is 6.07 Å². The number of hydrogen-bond donors (Lipinski definition) is 0. The van der Waals surface area contributed by atoms with Gasteiger partial charge in [0.1, 0.15) is 0 Å². The molecule has 3 saturated heterocycles. The Kier molecular flexibility index (Phi) is 4.75. The van der Waals surface area contributed by atoms with Crippen LogP contribution in [0.25, 0.3) is 10.9 Å². The van der Waals surface area contributed by atoms with Gasteiger partial charge in [-0.2, -0.15) is 0 Å². The summed E-state index contributed by atoms with van der Waals surface area (Å²) in [5, 5.41) is 1.10. The first-order valence-corrected chi connectivity index (χ1v) is 12.5. The molecular formula is C27H35N3O. The molecule has 6 rings (SSSR count). The fourth-order valence-corrected chi connectivity index (χ4v) is 7.18. The van der Waals surface area contributed by atoms with E-state index in [-0.39, 0.29) is 5.91 Å². The Morgan fingerprint density at radius 2 is 2.00 bits per heavy atom. The summed E-state index contributed by atoms with van der Waals surface area (Å²) >= 11 is 0. The highest BCUT2D eigenvalue weighted by Crippen LogP contribution is 2.45. The van der Waals surface area contributed by atoms with Gasteiger partial charge in [-0.25, -0.2) is 0 Å². The highest BCUT2D eigenvalue weighted by molar-refractivity contribution is 6.06. The van der Waals surface area contributed by atoms with E-state index < -0.39 is 0 Å². The maximum atomic E-state index is 14.0. The fourth-order valence-electron chi connectivity index (χ4n) is 7.18. The second-order valence-corrected chi connectivity index (χ2v) is 10.6. The monoisotopic (exact) mass is 417 g/mol. The number of hydrogen-bond acceptors (Lipinski definition) is 2. The Morgan fingerprint density at radius 3 is 2.87 bits per heavy atom. The number of carbonyl (C=O) groups excluding carboxylic acids is 1. The maximum absolute atomic E-state index is 14.0. The highest BCUT2D eigenvalue weighted by Gasteiger charge is 2.47. The lowest BCUT2D eigenvalue weighted by molar-refractivity contribution is 0.00153. The molecule has 4 aliphatic rings. The van der Waals surface area contributed by atoms with Crippen molar-refractivity contribution in [3.05, 3.63) is 47.7 Å². The van der Waals surface area contributed by atoms with Crippen LogP contribution in [0.4, 0.5) is 0 Å². The lowest BCUT2D eigenvalue weighted by atomic mass is 9.68. The van der Waals surface area contributed by atoms with Gasteiger partial charge in [-0.1, -0.05) is 24.1 Å². The van der Waals surface area contributed by atoms with E-state index in [2.05, 4.69) is 58.7 Å². The second-order valence-electron chi connectivity index (χ2n) is 10.6. The van der Waals surface area contributed by atoms with Gasteiger partial charge >= 0.3 is 0 Å². The Bertz CT molecular complexity index is 1030. The topological polar surface area (TPSA) is 28.5 Å². The van der Waals surface area contributed by atoms with Crippen LogP contribution in [-0.4, -0.2) is 52.0 Å². The van der Waals surface area contributed by atoms with Crippen molar-refractivity contribution < 1.29 is 4.79 Å². The van der Waals surface area contributed by atoms with E-state index in [1.165, 1.54) is 50.7 Å².